The van der Waals surface area contributed by atoms with Crippen molar-refractivity contribution in [3.8, 4) is 5.75 Å². The lowest BCUT2D eigenvalue weighted by Crippen LogP contribution is -2.43. The topological polar surface area (TPSA) is 83.0 Å². The third-order valence-electron chi connectivity index (χ3n) is 7.56. The Morgan fingerprint density at radius 1 is 1.24 bits per heavy atom. The second kappa shape index (κ2) is 11.6. The van der Waals surface area contributed by atoms with Gasteiger partial charge in [0.05, 0.1) is 16.5 Å². The summed E-state index contributed by atoms with van der Waals surface area (Å²) in [6.07, 6.45) is 2.83. The van der Waals surface area contributed by atoms with Crippen molar-refractivity contribution in [2.45, 2.75) is 76.7 Å². The lowest BCUT2D eigenvalue weighted by Gasteiger charge is -2.30. The van der Waals surface area contributed by atoms with E-state index < -0.39 is 12.1 Å². The summed E-state index contributed by atoms with van der Waals surface area (Å²) in [5.41, 5.74) is 0.963. The lowest BCUT2D eigenvalue weighted by atomic mass is 9.77. The third-order valence-corrected chi connectivity index (χ3v) is 8.45. The summed E-state index contributed by atoms with van der Waals surface area (Å²) in [4.78, 5) is 32.1. The fraction of sp³-hybridized carbons (Fsp3) is 0.593. The molecule has 3 fully saturated rings. The number of hydrogen-bond donors (Lipinski definition) is 1. The number of amides is 1. The second-order valence-corrected chi connectivity index (χ2v) is 11.5. The number of alkyl halides is 3. The van der Waals surface area contributed by atoms with Gasteiger partial charge >= 0.3 is 12.1 Å². The maximum absolute atomic E-state index is 13.8. The van der Waals surface area contributed by atoms with Crippen LogP contribution in [-0.4, -0.2) is 69.7 Å². The maximum Gasteiger partial charge on any atom is 0.490 e. The Balaban J connectivity index is 0.000000426. The summed E-state index contributed by atoms with van der Waals surface area (Å²) < 4.78 is 37.5. The molecule has 1 aromatic carbocycles. The van der Waals surface area contributed by atoms with Gasteiger partial charge in [-0.3, -0.25) is 9.69 Å². The van der Waals surface area contributed by atoms with Crippen molar-refractivity contribution in [2.24, 2.45) is 5.41 Å². The van der Waals surface area contributed by atoms with E-state index in [0.717, 1.165) is 43.4 Å². The number of nitrogens with zero attached hydrogens (tertiary/aromatic N) is 3. The number of carbonyl (C=O) groups excluding carboxylic acids is 1. The first-order valence-corrected chi connectivity index (χ1v) is 13.9. The van der Waals surface area contributed by atoms with Crippen molar-refractivity contribution in [2.75, 3.05) is 19.6 Å². The van der Waals surface area contributed by atoms with Gasteiger partial charge in [-0.1, -0.05) is 25.0 Å². The van der Waals surface area contributed by atoms with E-state index >= 15 is 0 Å². The summed E-state index contributed by atoms with van der Waals surface area (Å²) in [5.74, 6) is -1.25. The zero-order valence-corrected chi connectivity index (χ0v) is 22.4. The molecule has 2 atom stereocenters. The number of ether oxygens (including phenoxy) is 1. The molecule has 7 nitrogen and oxygen atoms in total. The number of hydrogen-bond acceptors (Lipinski definition) is 6. The van der Waals surface area contributed by atoms with Crippen LogP contribution < -0.4 is 4.74 Å². The molecule has 1 aliphatic carbocycles. The van der Waals surface area contributed by atoms with E-state index in [1.807, 2.05) is 25.4 Å². The average Bonchev–Trinajstić information content (AvgIpc) is 3.64. The van der Waals surface area contributed by atoms with E-state index in [9.17, 15) is 18.0 Å². The number of aromatic nitrogens is 1. The van der Waals surface area contributed by atoms with Gasteiger partial charge in [-0.25, -0.2) is 9.78 Å². The van der Waals surface area contributed by atoms with Crippen LogP contribution >= 0.6 is 11.3 Å². The van der Waals surface area contributed by atoms with Crippen molar-refractivity contribution >= 4 is 23.2 Å². The van der Waals surface area contributed by atoms with Crippen LogP contribution in [0, 0.1) is 5.41 Å². The van der Waals surface area contributed by atoms with Crippen LogP contribution in [0.5, 0.6) is 5.75 Å². The molecule has 1 spiro atoms. The van der Waals surface area contributed by atoms with Gasteiger partial charge in [0.2, 0.25) is 5.91 Å². The Hall–Kier alpha value is -2.66. The van der Waals surface area contributed by atoms with Gasteiger partial charge in [0.1, 0.15) is 5.75 Å². The van der Waals surface area contributed by atoms with Crippen LogP contribution in [0.4, 0.5) is 13.2 Å². The van der Waals surface area contributed by atoms with Gasteiger partial charge in [0, 0.05) is 49.7 Å². The minimum atomic E-state index is -5.08. The van der Waals surface area contributed by atoms with E-state index in [1.165, 1.54) is 31.2 Å². The Labute approximate surface area is 224 Å². The summed E-state index contributed by atoms with van der Waals surface area (Å²) in [7, 11) is 0. The minimum absolute atomic E-state index is 0.180. The standard InChI is InChI=1S/C25H33N3O2S.C2HF3O2/c1-18(2)30-21-9-7-19(8-10-21)15-27-16-22(23-26-12-14-31-23)25(17-27)11-13-28(24(25)29)20-5-3-4-6-20;3-2(4,5)1(6)7/h7-10,12,14,18,20,22H,3-6,11,13,15-17H2,1-2H3;(H,6,7). The minimum Gasteiger partial charge on any atom is -0.491 e. The van der Waals surface area contributed by atoms with Crippen LogP contribution in [0.25, 0.3) is 0 Å². The molecule has 1 aromatic heterocycles. The molecule has 0 bridgehead atoms. The molecule has 2 aromatic rings. The van der Waals surface area contributed by atoms with Crippen molar-refractivity contribution < 1.29 is 32.6 Å². The summed E-state index contributed by atoms with van der Waals surface area (Å²) in [5, 5.41) is 10.3. The third kappa shape index (κ3) is 6.31. The first-order chi connectivity index (χ1) is 18.0. The number of likely N-dealkylation sites (tertiary alicyclic amines) is 2. The van der Waals surface area contributed by atoms with Gasteiger partial charge in [0.15, 0.2) is 0 Å². The first kappa shape index (κ1) is 28.4. The van der Waals surface area contributed by atoms with Crippen LogP contribution in [0.2, 0.25) is 0 Å². The fourth-order valence-corrected chi connectivity index (χ4v) is 6.75. The molecule has 3 aliphatic rings. The Morgan fingerprint density at radius 2 is 1.89 bits per heavy atom. The zero-order valence-electron chi connectivity index (χ0n) is 21.6. The maximum atomic E-state index is 13.8. The second-order valence-electron chi connectivity index (χ2n) is 10.5. The molecular formula is C27H34F3N3O4S. The molecule has 0 radical (unpaired) electrons. The van der Waals surface area contributed by atoms with Gasteiger partial charge in [-0.2, -0.15) is 13.2 Å². The number of rotatable bonds is 6. The highest BCUT2D eigenvalue weighted by molar-refractivity contribution is 7.09. The lowest BCUT2D eigenvalue weighted by molar-refractivity contribution is -0.192. The highest BCUT2D eigenvalue weighted by atomic mass is 32.1. The highest BCUT2D eigenvalue weighted by Gasteiger charge is 2.58. The molecule has 1 saturated carbocycles. The number of thiazole rings is 1. The molecule has 2 unspecified atom stereocenters. The SMILES string of the molecule is CC(C)Oc1ccc(CN2CC(c3nccs3)C3(CCN(C4CCCC4)C3=O)C2)cc1.O=C(O)C(F)(F)F. The average molecular weight is 554 g/mol. The molecule has 5 rings (SSSR count). The number of carboxylic acid groups (broad SMARTS) is 1. The summed E-state index contributed by atoms with van der Waals surface area (Å²) in [6, 6.07) is 8.89. The number of aliphatic carboxylic acids is 1. The summed E-state index contributed by atoms with van der Waals surface area (Å²) >= 11 is 1.71. The molecular weight excluding hydrogens is 519 g/mol. The van der Waals surface area contributed by atoms with Crippen LogP contribution in [0.1, 0.15) is 62.4 Å². The smallest absolute Gasteiger partial charge is 0.490 e. The molecule has 3 heterocycles. The molecule has 1 N–H and O–H groups in total. The first-order valence-electron chi connectivity index (χ1n) is 13.0. The van der Waals surface area contributed by atoms with Crippen LogP contribution in [0.15, 0.2) is 35.8 Å². The molecule has 11 heteroatoms. The quantitative estimate of drug-likeness (QED) is 0.521. The molecule has 2 aliphatic heterocycles. The summed E-state index contributed by atoms with van der Waals surface area (Å²) in [6.45, 7) is 7.61. The zero-order chi connectivity index (χ0) is 27.5. The van der Waals surface area contributed by atoms with Gasteiger partial charge in [-0.05, 0) is 50.8 Å². The number of carbonyl (C=O) groups is 2. The van der Waals surface area contributed by atoms with E-state index in [4.69, 9.17) is 14.6 Å². The molecule has 208 valence electrons. The Kier molecular flexibility index (Phi) is 8.66. The van der Waals surface area contributed by atoms with Crippen molar-refractivity contribution in [1.29, 1.82) is 0 Å². The van der Waals surface area contributed by atoms with Gasteiger partial charge in [0.25, 0.3) is 0 Å². The van der Waals surface area contributed by atoms with Crippen molar-refractivity contribution in [3.05, 3.63) is 46.4 Å². The van der Waals surface area contributed by atoms with Crippen LogP contribution in [-0.2, 0) is 16.1 Å². The number of benzene rings is 1. The van der Waals surface area contributed by atoms with Crippen LogP contribution in [0.3, 0.4) is 0 Å². The van der Waals surface area contributed by atoms with Crippen molar-refractivity contribution in [3.63, 3.8) is 0 Å². The predicted octanol–water partition coefficient (Wildman–Crippen LogP) is 5.32. The number of halogens is 3. The van der Waals surface area contributed by atoms with Gasteiger partial charge < -0.3 is 14.7 Å². The van der Waals surface area contributed by atoms with Gasteiger partial charge in [-0.15, -0.1) is 11.3 Å². The Morgan fingerprint density at radius 3 is 2.45 bits per heavy atom. The molecule has 1 amide bonds. The molecule has 2 saturated heterocycles. The van der Waals surface area contributed by atoms with E-state index in [2.05, 4.69) is 39.0 Å². The monoisotopic (exact) mass is 553 g/mol. The van der Waals surface area contributed by atoms with E-state index in [0.29, 0.717) is 11.9 Å². The highest BCUT2D eigenvalue weighted by Crippen LogP contribution is 2.51. The molecule has 38 heavy (non-hydrogen) atoms. The number of carboxylic acids is 1. The predicted molar refractivity (Wildman–Crippen MR) is 137 cm³/mol. The largest absolute Gasteiger partial charge is 0.491 e. The fourth-order valence-electron chi connectivity index (χ4n) is 5.90. The van der Waals surface area contributed by atoms with E-state index in [-0.39, 0.29) is 17.4 Å². The van der Waals surface area contributed by atoms with Crippen molar-refractivity contribution in [1.82, 2.24) is 14.8 Å². The van der Waals surface area contributed by atoms with E-state index in [1.54, 1.807) is 11.3 Å². The normalized spacial score (nSPS) is 24.3. The Bertz CT molecular complexity index is 1090.